The van der Waals surface area contributed by atoms with Gasteiger partial charge in [-0.2, -0.15) is 0 Å². The second-order valence-corrected chi connectivity index (χ2v) is 4.92. The minimum Gasteiger partial charge on any atom is -0.375 e. The van der Waals surface area contributed by atoms with Crippen LogP contribution in [0.1, 0.15) is 46.5 Å². The number of rotatable bonds is 4. The van der Waals surface area contributed by atoms with Crippen molar-refractivity contribution in [1.29, 1.82) is 0 Å². The maximum absolute atomic E-state index is 6.10. The van der Waals surface area contributed by atoms with E-state index >= 15 is 0 Å². The Morgan fingerprint density at radius 3 is 2.54 bits per heavy atom. The van der Waals surface area contributed by atoms with E-state index in [9.17, 15) is 0 Å². The molecular weight excluding hydrogens is 184 g/mol. The molecule has 1 aliphatic heterocycles. The summed E-state index contributed by atoms with van der Waals surface area (Å²) in [5.74, 6) is 0.622. The predicted octanol–water partition coefficient (Wildman–Crippen LogP) is 3.60. The van der Waals surface area contributed by atoms with Crippen LogP contribution < -0.4 is 0 Å². The van der Waals surface area contributed by atoms with Crippen LogP contribution >= 0.6 is 11.6 Å². The average Bonchev–Trinajstić information content (AvgIpc) is 2.46. The molecule has 1 aliphatic rings. The van der Waals surface area contributed by atoms with Crippen molar-refractivity contribution in [2.75, 3.05) is 0 Å². The van der Waals surface area contributed by atoms with Gasteiger partial charge in [-0.3, -0.25) is 0 Å². The first-order valence-corrected chi connectivity index (χ1v) is 5.86. The molecule has 1 fully saturated rings. The van der Waals surface area contributed by atoms with Crippen LogP contribution in [0.25, 0.3) is 0 Å². The molecule has 0 bridgehead atoms. The summed E-state index contributed by atoms with van der Waals surface area (Å²) in [5, 5.41) is 0.282. The molecule has 0 spiro atoms. The van der Waals surface area contributed by atoms with E-state index in [0.29, 0.717) is 18.1 Å². The summed E-state index contributed by atoms with van der Waals surface area (Å²) in [6.45, 7) is 6.46. The fraction of sp³-hybridized carbons (Fsp3) is 1.00. The largest absolute Gasteiger partial charge is 0.375 e. The number of hydrogen-bond acceptors (Lipinski definition) is 1. The van der Waals surface area contributed by atoms with Gasteiger partial charge in [0.25, 0.3) is 0 Å². The molecule has 78 valence electrons. The Bertz CT molecular complexity index is 147. The normalized spacial score (nSPS) is 33.2. The Morgan fingerprint density at radius 2 is 2.15 bits per heavy atom. The third kappa shape index (κ3) is 3.47. The van der Waals surface area contributed by atoms with Crippen LogP contribution in [0.3, 0.4) is 0 Å². The summed E-state index contributed by atoms with van der Waals surface area (Å²) in [4.78, 5) is 0. The Hall–Kier alpha value is 0.250. The van der Waals surface area contributed by atoms with Crippen LogP contribution in [-0.2, 0) is 4.74 Å². The molecule has 4 unspecified atom stereocenters. The lowest BCUT2D eigenvalue weighted by molar-refractivity contribution is 0.0404. The first kappa shape index (κ1) is 11.3. The summed E-state index contributed by atoms with van der Waals surface area (Å²) >= 11 is 6.10. The van der Waals surface area contributed by atoms with Gasteiger partial charge in [0.2, 0.25) is 0 Å². The summed E-state index contributed by atoms with van der Waals surface area (Å²) in [5.41, 5.74) is 0. The van der Waals surface area contributed by atoms with Gasteiger partial charge >= 0.3 is 0 Å². The molecule has 0 aromatic heterocycles. The van der Waals surface area contributed by atoms with Crippen molar-refractivity contribution in [1.82, 2.24) is 0 Å². The van der Waals surface area contributed by atoms with Gasteiger partial charge in [-0.05, 0) is 39.0 Å². The molecule has 1 rings (SSSR count). The van der Waals surface area contributed by atoms with Crippen molar-refractivity contribution in [3.8, 4) is 0 Å². The SMILES string of the molecule is CCC(CC1CCC(C)O1)C(C)Cl. The molecule has 0 amide bonds. The molecule has 1 nitrogen and oxygen atoms in total. The second kappa shape index (κ2) is 5.21. The van der Waals surface area contributed by atoms with Gasteiger partial charge in [0.05, 0.1) is 12.2 Å². The molecule has 2 heteroatoms. The topological polar surface area (TPSA) is 9.23 Å². The highest BCUT2D eigenvalue weighted by molar-refractivity contribution is 6.20. The van der Waals surface area contributed by atoms with E-state index in [1.807, 2.05) is 0 Å². The van der Waals surface area contributed by atoms with E-state index in [2.05, 4.69) is 20.8 Å². The molecule has 13 heavy (non-hydrogen) atoms. The summed E-state index contributed by atoms with van der Waals surface area (Å²) in [6, 6.07) is 0. The van der Waals surface area contributed by atoms with E-state index in [1.165, 1.54) is 19.3 Å². The number of halogens is 1. The summed E-state index contributed by atoms with van der Waals surface area (Å²) < 4.78 is 5.79. The Labute approximate surface area is 86.8 Å². The molecule has 0 aromatic carbocycles. The lowest BCUT2D eigenvalue weighted by Crippen LogP contribution is -2.19. The first-order valence-electron chi connectivity index (χ1n) is 5.43. The van der Waals surface area contributed by atoms with E-state index in [4.69, 9.17) is 16.3 Å². The van der Waals surface area contributed by atoms with E-state index in [0.717, 1.165) is 6.42 Å². The van der Waals surface area contributed by atoms with Crippen LogP contribution in [0.5, 0.6) is 0 Å². The molecule has 0 aromatic rings. The number of alkyl halides is 1. The highest BCUT2D eigenvalue weighted by Gasteiger charge is 2.25. The third-order valence-electron chi connectivity index (χ3n) is 3.06. The average molecular weight is 205 g/mol. The van der Waals surface area contributed by atoms with E-state index < -0.39 is 0 Å². The zero-order valence-electron chi connectivity index (χ0n) is 8.92. The smallest absolute Gasteiger partial charge is 0.0582 e. The van der Waals surface area contributed by atoms with E-state index in [-0.39, 0.29) is 5.38 Å². The lowest BCUT2D eigenvalue weighted by Gasteiger charge is -2.21. The molecule has 0 aliphatic carbocycles. The Kier molecular flexibility index (Phi) is 4.54. The molecular formula is C11H21ClO. The second-order valence-electron chi connectivity index (χ2n) is 4.23. The van der Waals surface area contributed by atoms with Crippen LogP contribution in [0.4, 0.5) is 0 Å². The molecule has 4 atom stereocenters. The van der Waals surface area contributed by atoms with Crippen molar-refractivity contribution in [2.45, 2.75) is 64.0 Å². The number of hydrogen-bond donors (Lipinski definition) is 0. The van der Waals surface area contributed by atoms with Crippen molar-refractivity contribution in [3.63, 3.8) is 0 Å². The first-order chi connectivity index (χ1) is 6.13. The van der Waals surface area contributed by atoms with Gasteiger partial charge in [-0.25, -0.2) is 0 Å². The minimum absolute atomic E-state index is 0.282. The third-order valence-corrected chi connectivity index (χ3v) is 3.42. The maximum Gasteiger partial charge on any atom is 0.0582 e. The zero-order valence-corrected chi connectivity index (χ0v) is 9.68. The highest BCUT2D eigenvalue weighted by atomic mass is 35.5. The van der Waals surface area contributed by atoms with Gasteiger partial charge in [0, 0.05) is 5.38 Å². The van der Waals surface area contributed by atoms with Gasteiger partial charge in [-0.15, -0.1) is 11.6 Å². The number of ether oxygens (including phenoxy) is 1. The standard InChI is InChI=1S/C11H21ClO/c1-4-10(9(3)12)7-11-6-5-8(2)13-11/h8-11H,4-7H2,1-3H3. The molecule has 0 N–H and O–H groups in total. The molecule has 0 radical (unpaired) electrons. The Balaban J connectivity index is 2.30. The van der Waals surface area contributed by atoms with Crippen molar-refractivity contribution >= 4 is 11.6 Å². The molecule has 1 saturated heterocycles. The monoisotopic (exact) mass is 204 g/mol. The van der Waals surface area contributed by atoms with Crippen molar-refractivity contribution in [3.05, 3.63) is 0 Å². The molecule has 1 heterocycles. The molecule has 0 saturated carbocycles. The highest BCUT2D eigenvalue weighted by Crippen LogP contribution is 2.28. The fourth-order valence-corrected chi connectivity index (χ4v) is 2.36. The van der Waals surface area contributed by atoms with E-state index in [1.54, 1.807) is 0 Å². The fourth-order valence-electron chi connectivity index (χ4n) is 2.08. The Morgan fingerprint density at radius 1 is 1.46 bits per heavy atom. The van der Waals surface area contributed by atoms with Gasteiger partial charge in [0.1, 0.15) is 0 Å². The van der Waals surface area contributed by atoms with Gasteiger partial charge < -0.3 is 4.74 Å². The maximum atomic E-state index is 6.10. The summed E-state index contributed by atoms with van der Waals surface area (Å²) in [6.07, 6.45) is 5.69. The van der Waals surface area contributed by atoms with Crippen LogP contribution in [0, 0.1) is 5.92 Å². The lowest BCUT2D eigenvalue weighted by atomic mass is 9.94. The van der Waals surface area contributed by atoms with Gasteiger partial charge in [-0.1, -0.05) is 13.3 Å². The minimum atomic E-state index is 0.282. The summed E-state index contributed by atoms with van der Waals surface area (Å²) in [7, 11) is 0. The van der Waals surface area contributed by atoms with Crippen LogP contribution in [-0.4, -0.2) is 17.6 Å². The predicted molar refractivity (Wildman–Crippen MR) is 57.3 cm³/mol. The zero-order chi connectivity index (χ0) is 9.84. The van der Waals surface area contributed by atoms with Gasteiger partial charge in [0.15, 0.2) is 0 Å². The van der Waals surface area contributed by atoms with Crippen LogP contribution in [0.2, 0.25) is 0 Å². The van der Waals surface area contributed by atoms with Crippen LogP contribution in [0.15, 0.2) is 0 Å². The quantitative estimate of drug-likeness (QED) is 0.636. The van der Waals surface area contributed by atoms with Crippen molar-refractivity contribution in [2.24, 2.45) is 5.92 Å². The van der Waals surface area contributed by atoms with Crippen molar-refractivity contribution < 1.29 is 4.74 Å².